The number of carbonyl (C=O) groups excluding carboxylic acids is 2. The van der Waals surface area contributed by atoms with Gasteiger partial charge >= 0.3 is 0 Å². The number of likely N-dealkylation sites (N-methyl/N-ethyl adjacent to an activating group) is 1. The molecule has 1 atom stereocenters. The number of benzene rings is 2. The Morgan fingerprint density at radius 2 is 1.81 bits per heavy atom. The highest BCUT2D eigenvalue weighted by Crippen LogP contribution is 2.21. The predicted molar refractivity (Wildman–Crippen MR) is 131 cm³/mol. The third-order valence-electron chi connectivity index (χ3n) is 5.10. The Morgan fingerprint density at radius 3 is 2.41 bits per heavy atom. The molecule has 2 amide bonds. The number of nitrogens with zero attached hydrogens (tertiary/aromatic N) is 2. The summed E-state index contributed by atoms with van der Waals surface area (Å²) in [7, 11) is -1.97. The average Bonchev–Trinajstić information content (AvgIpc) is 2.73. The molecule has 2 aromatic carbocycles. The SMILES string of the molecule is CNC(=O)C(C)N(Cc1cccc(Br)c1)C(=O)CCCN(c1cccc(C)c1)S(C)(=O)=O. The maximum Gasteiger partial charge on any atom is 0.242 e. The zero-order valence-electron chi connectivity index (χ0n) is 18.8. The molecular weight excluding hydrogens is 494 g/mol. The van der Waals surface area contributed by atoms with E-state index in [1.165, 1.54) is 16.3 Å². The van der Waals surface area contributed by atoms with Crippen LogP contribution in [0.15, 0.2) is 53.0 Å². The molecule has 7 nitrogen and oxygen atoms in total. The van der Waals surface area contributed by atoms with Crippen molar-refractivity contribution in [3.63, 3.8) is 0 Å². The normalized spacial score (nSPS) is 12.2. The van der Waals surface area contributed by atoms with Gasteiger partial charge in [0.05, 0.1) is 11.9 Å². The minimum atomic E-state index is -3.50. The molecule has 0 aliphatic heterocycles. The molecule has 0 bridgehead atoms. The summed E-state index contributed by atoms with van der Waals surface area (Å²) < 4.78 is 26.9. The standard InChI is InChI=1S/C23H30BrN3O4S/c1-17-8-5-11-21(14-17)27(32(4,30)31)13-7-12-22(28)26(18(2)23(29)25-3)16-19-9-6-10-20(24)15-19/h5-6,8-11,14-15,18H,7,12-13,16H2,1-4H3,(H,25,29). The molecule has 0 fully saturated rings. The van der Waals surface area contributed by atoms with Gasteiger partial charge in [0.2, 0.25) is 21.8 Å². The van der Waals surface area contributed by atoms with Gasteiger partial charge in [-0.25, -0.2) is 8.42 Å². The van der Waals surface area contributed by atoms with E-state index in [0.29, 0.717) is 12.1 Å². The highest BCUT2D eigenvalue weighted by Gasteiger charge is 2.26. The summed E-state index contributed by atoms with van der Waals surface area (Å²) in [6.45, 7) is 4.03. The van der Waals surface area contributed by atoms with Gasteiger partial charge in [0.15, 0.2) is 0 Å². The Labute approximate surface area is 199 Å². The molecule has 0 aromatic heterocycles. The Balaban J connectivity index is 2.14. The maximum absolute atomic E-state index is 13.1. The molecule has 32 heavy (non-hydrogen) atoms. The zero-order chi connectivity index (χ0) is 23.9. The summed E-state index contributed by atoms with van der Waals surface area (Å²) in [6, 6.07) is 14.1. The third-order valence-corrected chi connectivity index (χ3v) is 6.78. The number of amides is 2. The van der Waals surface area contributed by atoms with Crippen molar-refractivity contribution in [2.45, 2.75) is 39.3 Å². The molecule has 0 spiro atoms. The van der Waals surface area contributed by atoms with Crippen LogP contribution in [0.3, 0.4) is 0 Å². The van der Waals surface area contributed by atoms with Gasteiger partial charge in [-0.15, -0.1) is 0 Å². The topological polar surface area (TPSA) is 86.8 Å². The van der Waals surface area contributed by atoms with E-state index in [1.54, 1.807) is 25.1 Å². The number of hydrogen-bond donors (Lipinski definition) is 1. The second kappa shape index (κ2) is 11.5. The minimum Gasteiger partial charge on any atom is -0.357 e. The lowest BCUT2D eigenvalue weighted by molar-refractivity contribution is -0.140. The maximum atomic E-state index is 13.1. The van der Waals surface area contributed by atoms with Crippen molar-refractivity contribution in [2.75, 3.05) is 24.2 Å². The van der Waals surface area contributed by atoms with Crippen LogP contribution in [-0.4, -0.2) is 51.0 Å². The Kier molecular flexibility index (Phi) is 9.27. The van der Waals surface area contributed by atoms with Crippen LogP contribution in [0.1, 0.15) is 30.9 Å². The van der Waals surface area contributed by atoms with E-state index in [0.717, 1.165) is 21.9 Å². The van der Waals surface area contributed by atoms with Gasteiger partial charge in [-0.1, -0.05) is 40.2 Å². The van der Waals surface area contributed by atoms with Crippen molar-refractivity contribution in [3.05, 3.63) is 64.1 Å². The zero-order valence-corrected chi connectivity index (χ0v) is 21.2. The summed E-state index contributed by atoms with van der Waals surface area (Å²) in [5, 5.41) is 2.59. The van der Waals surface area contributed by atoms with Crippen LogP contribution in [0.25, 0.3) is 0 Å². The second-order valence-corrected chi connectivity index (χ2v) is 10.5. The predicted octanol–water partition coefficient (Wildman–Crippen LogP) is 3.47. The highest BCUT2D eigenvalue weighted by atomic mass is 79.9. The van der Waals surface area contributed by atoms with Gasteiger partial charge in [-0.05, 0) is 55.7 Å². The van der Waals surface area contributed by atoms with Crippen LogP contribution < -0.4 is 9.62 Å². The van der Waals surface area contributed by atoms with E-state index < -0.39 is 16.1 Å². The van der Waals surface area contributed by atoms with Crippen molar-refractivity contribution in [2.24, 2.45) is 0 Å². The number of sulfonamides is 1. The van der Waals surface area contributed by atoms with Crippen LogP contribution in [-0.2, 0) is 26.2 Å². The fourth-order valence-corrected chi connectivity index (χ4v) is 4.81. The van der Waals surface area contributed by atoms with Crippen molar-refractivity contribution < 1.29 is 18.0 Å². The lowest BCUT2D eigenvalue weighted by Gasteiger charge is -2.29. The molecule has 2 aromatic rings. The van der Waals surface area contributed by atoms with Gasteiger partial charge in [-0.2, -0.15) is 0 Å². The average molecular weight is 524 g/mol. The smallest absolute Gasteiger partial charge is 0.242 e. The lowest BCUT2D eigenvalue weighted by atomic mass is 10.1. The Morgan fingerprint density at radius 1 is 1.12 bits per heavy atom. The number of carbonyl (C=O) groups is 2. The van der Waals surface area contributed by atoms with Gasteiger partial charge in [0, 0.05) is 31.0 Å². The lowest BCUT2D eigenvalue weighted by Crippen LogP contribution is -2.46. The van der Waals surface area contributed by atoms with Crippen LogP contribution in [0, 0.1) is 6.92 Å². The van der Waals surface area contributed by atoms with Crippen LogP contribution in [0.4, 0.5) is 5.69 Å². The van der Waals surface area contributed by atoms with Crippen molar-refractivity contribution >= 4 is 43.5 Å². The van der Waals surface area contributed by atoms with E-state index in [1.807, 2.05) is 37.3 Å². The molecule has 2 rings (SSSR count). The molecule has 0 saturated carbocycles. The van der Waals surface area contributed by atoms with Gasteiger partial charge in [0.1, 0.15) is 6.04 Å². The van der Waals surface area contributed by atoms with Crippen LogP contribution >= 0.6 is 15.9 Å². The molecule has 1 unspecified atom stereocenters. The van der Waals surface area contributed by atoms with E-state index in [-0.39, 0.29) is 31.3 Å². The molecule has 0 aliphatic rings. The van der Waals surface area contributed by atoms with Crippen molar-refractivity contribution in [3.8, 4) is 0 Å². The van der Waals surface area contributed by atoms with E-state index in [9.17, 15) is 18.0 Å². The summed E-state index contributed by atoms with van der Waals surface area (Å²) in [4.78, 5) is 26.9. The molecule has 0 radical (unpaired) electrons. The highest BCUT2D eigenvalue weighted by molar-refractivity contribution is 9.10. The van der Waals surface area contributed by atoms with Crippen LogP contribution in [0.5, 0.6) is 0 Å². The second-order valence-electron chi connectivity index (χ2n) is 7.72. The number of hydrogen-bond acceptors (Lipinski definition) is 4. The molecule has 1 N–H and O–H groups in total. The van der Waals surface area contributed by atoms with Crippen molar-refractivity contribution in [1.29, 1.82) is 0 Å². The quantitative estimate of drug-likeness (QED) is 0.516. The molecule has 0 saturated heterocycles. The van der Waals surface area contributed by atoms with Gasteiger partial charge in [0.25, 0.3) is 0 Å². The summed E-state index contributed by atoms with van der Waals surface area (Å²) >= 11 is 3.43. The van der Waals surface area contributed by atoms with E-state index in [4.69, 9.17) is 0 Å². The molecular formula is C23H30BrN3O4S. The fraction of sp³-hybridized carbons (Fsp3) is 0.391. The monoisotopic (exact) mass is 523 g/mol. The number of aryl methyl sites for hydroxylation is 1. The number of nitrogens with one attached hydrogen (secondary N) is 1. The molecule has 174 valence electrons. The molecule has 9 heteroatoms. The number of rotatable bonds is 10. The molecule has 0 aliphatic carbocycles. The fourth-order valence-electron chi connectivity index (χ4n) is 3.41. The summed E-state index contributed by atoms with van der Waals surface area (Å²) in [5.41, 5.74) is 2.41. The van der Waals surface area contributed by atoms with E-state index in [2.05, 4.69) is 21.2 Å². The van der Waals surface area contributed by atoms with Gasteiger partial charge in [-0.3, -0.25) is 13.9 Å². The van der Waals surface area contributed by atoms with Gasteiger partial charge < -0.3 is 10.2 Å². The first-order valence-electron chi connectivity index (χ1n) is 10.3. The largest absolute Gasteiger partial charge is 0.357 e. The summed E-state index contributed by atoms with van der Waals surface area (Å²) in [5.74, 6) is -0.468. The van der Waals surface area contributed by atoms with Crippen LogP contribution in [0.2, 0.25) is 0 Å². The Bertz CT molecular complexity index is 1060. The molecule has 0 heterocycles. The minimum absolute atomic E-state index is 0.118. The first-order valence-corrected chi connectivity index (χ1v) is 13.0. The van der Waals surface area contributed by atoms with E-state index >= 15 is 0 Å². The Hall–Kier alpha value is -2.39. The first kappa shape index (κ1) is 25.9. The third kappa shape index (κ3) is 7.34. The number of halogens is 1. The summed E-state index contributed by atoms with van der Waals surface area (Å²) in [6.07, 6.45) is 1.60. The first-order chi connectivity index (χ1) is 15.0. The van der Waals surface area contributed by atoms with Crippen molar-refractivity contribution in [1.82, 2.24) is 10.2 Å². The number of anilines is 1.